The zero-order chi connectivity index (χ0) is 21.5. The summed E-state index contributed by atoms with van der Waals surface area (Å²) in [5.74, 6) is 0.849. The minimum Gasteiger partial charge on any atom is -0.352 e. The molecule has 3 aromatic rings. The average Bonchev–Trinajstić information content (AvgIpc) is 2.84. The SMILES string of the molecule is CCCCc1ccc(NC(=O)N2CCN(c3ccc(-c4ccccc4)nn3)CC2)cc1. The molecule has 0 aliphatic carbocycles. The molecule has 2 heterocycles. The van der Waals surface area contributed by atoms with Gasteiger partial charge in [0.1, 0.15) is 0 Å². The Labute approximate surface area is 183 Å². The summed E-state index contributed by atoms with van der Waals surface area (Å²) in [5.41, 5.74) is 4.08. The van der Waals surface area contributed by atoms with Crippen molar-refractivity contribution in [2.45, 2.75) is 26.2 Å². The van der Waals surface area contributed by atoms with Crippen molar-refractivity contribution in [2.75, 3.05) is 36.4 Å². The predicted octanol–water partition coefficient (Wildman–Crippen LogP) is 4.84. The Balaban J connectivity index is 1.28. The van der Waals surface area contributed by atoms with Crippen LogP contribution in [0.3, 0.4) is 0 Å². The number of unbranched alkanes of at least 4 members (excludes halogenated alkanes) is 1. The number of rotatable bonds is 6. The Kier molecular flexibility index (Phi) is 6.77. The second kappa shape index (κ2) is 10.1. The molecule has 0 saturated carbocycles. The van der Waals surface area contributed by atoms with Crippen molar-refractivity contribution in [1.82, 2.24) is 15.1 Å². The Morgan fingerprint density at radius 3 is 2.29 bits per heavy atom. The molecule has 4 rings (SSSR count). The lowest BCUT2D eigenvalue weighted by Crippen LogP contribution is -2.50. The van der Waals surface area contributed by atoms with Gasteiger partial charge in [-0.3, -0.25) is 0 Å². The number of carbonyl (C=O) groups excluding carboxylic acids is 1. The summed E-state index contributed by atoms with van der Waals surface area (Å²) < 4.78 is 0. The van der Waals surface area contributed by atoms with E-state index in [2.05, 4.69) is 39.5 Å². The summed E-state index contributed by atoms with van der Waals surface area (Å²) in [6.07, 6.45) is 3.46. The fraction of sp³-hybridized carbons (Fsp3) is 0.320. The zero-order valence-corrected chi connectivity index (χ0v) is 18.0. The molecule has 6 heteroatoms. The van der Waals surface area contributed by atoms with E-state index in [0.29, 0.717) is 13.1 Å². The summed E-state index contributed by atoms with van der Waals surface area (Å²) in [6, 6.07) is 22.2. The van der Waals surface area contributed by atoms with Gasteiger partial charge in [0.2, 0.25) is 0 Å². The molecule has 0 bridgehead atoms. The van der Waals surface area contributed by atoms with E-state index in [-0.39, 0.29) is 6.03 Å². The van der Waals surface area contributed by atoms with Gasteiger partial charge in [-0.1, -0.05) is 55.8 Å². The lowest BCUT2D eigenvalue weighted by molar-refractivity contribution is 0.208. The number of benzene rings is 2. The van der Waals surface area contributed by atoms with E-state index in [1.54, 1.807) is 0 Å². The molecule has 1 aromatic heterocycles. The van der Waals surface area contributed by atoms with E-state index in [0.717, 1.165) is 42.3 Å². The molecule has 0 spiro atoms. The third-order valence-corrected chi connectivity index (χ3v) is 5.64. The van der Waals surface area contributed by atoms with Crippen molar-refractivity contribution in [3.05, 3.63) is 72.3 Å². The van der Waals surface area contributed by atoms with Crippen LogP contribution in [0, 0.1) is 0 Å². The normalized spacial score (nSPS) is 13.8. The summed E-state index contributed by atoms with van der Waals surface area (Å²) in [6.45, 7) is 4.98. The van der Waals surface area contributed by atoms with Crippen LogP contribution in [-0.4, -0.2) is 47.3 Å². The minimum absolute atomic E-state index is 0.0496. The third-order valence-electron chi connectivity index (χ3n) is 5.64. The van der Waals surface area contributed by atoms with Gasteiger partial charge in [0.05, 0.1) is 5.69 Å². The highest BCUT2D eigenvalue weighted by Crippen LogP contribution is 2.19. The van der Waals surface area contributed by atoms with Crippen LogP contribution in [0.5, 0.6) is 0 Å². The largest absolute Gasteiger partial charge is 0.352 e. The first-order valence-corrected chi connectivity index (χ1v) is 11.0. The van der Waals surface area contributed by atoms with E-state index >= 15 is 0 Å². The molecule has 1 fully saturated rings. The number of urea groups is 1. The van der Waals surface area contributed by atoms with E-state index in [1.807, 2.05) is 59.5 Å². The molecular formula is C25H29N5O. The van der Waals surface area contributed by atoms with Crippen molar-refractivity contribution in [3.63, 3.8) is 0 Å². The fourth-order valence-electron chi connectivity index (χ4n) is 3.73. The monoisotopic (exact) mass is 415 g/mol. The Morgan fingerprint density at radius 1 is 0.903 bits per heavy atom. The van der Waals surface area contributed by atoms with Gasteiger partial charge in [-0.25, -0.2) is 4.79 Å². The van der Waals surface area contributed by atoms with E-state index in [1.165, 1.54) is 18.4 Å². The summed E-state index contributed by atoms with van der Waals surface area (Å²) in [7, 11) is 0. The Bertz CT molecular complexity index is 965. The topological polar surface area (TPSA) is 61.4 Å². The molecule has 31 heavy (non-hydrogen) atoms. The lowest BCUT2D eigenvalue weighted by atomic mass is 10.1. The standard InChI is InChI=1S/C25H29N5O/c1-2-3-7-20-10-12-22(13-11-20)26-25(31)30-18-16-29(17-19-30)24-15-14-23(27-28-24)21-8-5-4-6-9-21/h4-6,8-15H,2-3,7,16-19H2,1H3,(H,26,31). The van der Waals surface area contributed by atoms with Gasteiger partial charge in [0.25, 0.3) is 0 Å². The number of hydrogen-bond acceptors (Lipinski definition) is 4. The van der Waals surface area contributed by atoms with E-state index < -0.39 is 0 Å². The lowest BCUT2D eigenvalue weighted by Gasteiger charge is -2.35. The zero-order valence-electron chi connectivity index (χ0n) is 18.0. The van der Waals surface area contributed by atoms with Gasteiger partial charge >= 0.3 is 6.03 Å². The quantitative estimate of drug-likeness (QED) is 0.626. The molecule has 1 saturated heterocycles. The predicted molar refractivity (Wildman–Crippen MR) is 125 cm³/mol. The molecule has 2 aromatic carbocycles. The molecular weight excluding hydrogens is 386 g/mol. The van der Waals surface area contributed by atoms with Crippen molar-refractivity contribution in [3.8, 4) is 11.3 Å². The number of anilines is 2. The number of nitrogens with one attached hydrogen (secondary N) is 1. The second-order valence-corrected chi connectivity index (χ2v) is 7.85. The van der Waals surface area contributed by atoms with Crippen molar-refractivity contribution < 1.29 is 4.79 Å². The molecule has 0 radical (unpaired) electrons. The number of amides is 2. The summed E-state index contributed by atoms with van der Waals surface area (Å²) in [4.78, 5) is 16.7. The van der Waals surface area contributed by atoms with E-state index in [9.17, 15) is 4.79 Å². The van der Waals surface area contributed by atoms with Crippen LogP contribution in [0.2, 0.25) is 0 Å². The number of aryl methyl sites for hydroxylation is 1. The average molecular weight is 416 g/mol. The van der Waals surface area contributed by atoms with Gasteiger partial charge in [-0.2, -0.15) is 0 Å². The molecule has 0 atom stereocenters. The van der Waals surface area contributed by atoms with Gasteiger partial charge < -0.3 is 15.1 Å². The van der Waals surface area contributed by atoms with Gasteiger partial charge in [0, 0.05) is 37.4 Å². The molecule has 160 valence electrons. The van der Waals surface area contributed by atoms with Crippen LogP contribution < -0.4 is 10.2 Å². The Hall–Kier alpha value is -3.41. The van der Waals surface area contributed by atoms with Crippen molar-refractivity contribution in [1.29, 1.82) is 0 Å². The van der Waals surface area contributed by atoms with Crippen LogP contribution >= 0.6 is 0 Å². The highest BCUT2D eigenvalue weighted by atomic mass is 16.2. The maximum atomic E-state index is 12.6. The molecule has 6 nitrogen and oxygen atoms in total. The van der Waals surface area contributed by atoms with Crippen molar-refractivity contribution in [2.24, 2.45) is 0 Å². The van der Waals surface area contributed by atoms with Crippen LogP contribution in [0.1, 0.15) is 25.3 Å². The summed E-state index contributed by atoms with van der Waals surface area (Å²) in [5, 5.41) is 11.8. The van der Waals surface area contributed by atoms with Crippen LogP contribution in [0.4, 0.5) is 16.3 Å². The molecule has 0 unspecified atom stereocenters. The first-order valence-electron chi connectivity index (χ1n) is 11.0. The maximum absolute atomic E-state index is 12.6. The molecule has 1 aliphatic rings. The number of piperazine rings is 1. The van der Waals surface area contributed by atoms with Gasteiger partial charge in [0.15, 0.2) is 5.82 Å². The first kappa shape index (κ1) is 20.8. The number of hydrogen-bond donors (Lipinski definition) is 1. The highest BCUT2D eigenvalue weighted by molar-refractivity contribution is 5.89. The molecule has 1 N–H and O–H groups in total. The fourth-order valence-corrected chi connectivity index (χ4v) is 3.73. The third kappa shape index (κ3) is 5.40. The van der Waals surface area contributed by atoms with Gasteiger partial charge in [-0.05, 0) is 42.7 Å². The van der Waals surface area contributed by atoms with Crippen LogP contribution in [0.15, 0.2) is 66.7 Å². The smallest absolute Gasteiger partial charge is 0.321 e. The maximum Gasteiger partial charge on any atom is 0.321 e. The first-order chi connectivity index (χ1) is 15.2. The van der Waals surface area contributed by atoms with Crippen LogP contribution in [-0.2, 0) is 6.42 Å². The van der Waals surface area contributed by atoms with Crippen molar-refractivity contribution >= 4 is 17.5 Å². The number of aromatic nitrogens is 2. The highest BCUT2D eigenvalue weighted by Gasteiger charge is 2.22. The Morgan fingerprint density at radius 2 is 1.65 bits per heavy atom. The minimum atomic E-state index is -0.0496. The van der Waals surface area contributed by atoms with Crippen LogP contribution in [0.25, 0.3) is 11.3 Å². The van der Waals surface area contributed by atoms with E-state index in [4.69, 9.17) is 0 Å². The molecule has 1 aliphatic heterocycles. The molecule has 2 amide bonds. The number of nitrogens with zero attached hydrogens (tertiary/aromatic N) is 4. The van der Waals surface area contributed by atoms with Gasteiger partial charge in [-0.15, -0.1) is 10.2 Å². The second-order valence-electron chi connectivity index (χ2n) is 7.85. The number of carbonyl (C=O) groups is 1. The summed E-state index contributed by atoms with van der Waals surface area (Å²) >= 11 is 0.